The number of nitrogens with one attached hydrogen (secondary N) is 1. The van der Waals surface area contributed by atoms with Gasteiger partial charge in [0.15, 0.2) is 0 Å². The van der Waals surface area contributed by atoms with Gasteiger partial charge in [0, 0.05) is 12.6 Å². The molecule has 1 aromatic heterocycles. The molecule has 150 valence electrons. The first-order valence-electron chi connectivity index (χ1n) is 10.3. The Bertz CT molecular complexity index is 1070. The number of hydrogen-bond acceptors (Lipinski definition) is 6. The molecular weight excluding hydrogens is 384 g/mol. The van der Waals surface area contributed by atoms with E-state index in [0.717, 1.165) is 47.9 Å². The number of guanidine groups is 1. The molecule has 2 atom stereocenters. The summed E-state index contributed by atoms with van der Waals surface area (Å²) in [7, 11) is 1.77. The van der Waals surface area contributed by atoms with Gasteiger partial charge in [-0.25, -0.2) is 9.98 Å². The minimum absolute atomic E-state index is 0.0969. The molecule has 29 heavy (non-hydrogen) atoms. The fourth-order valence-electron chi connectivity index (χ4n) is 6.43. The Balaban J connectivity index is 1.30. The van der Waals surface area contributed by atoms with Crippen LogP contribution in [0.15, 0.2) is 34.4 Å². The van der Waals surface area contributed by atoms with E-state index < -0.39 is 5.60 Å². The Hall–Kier alpha value is -2.25. The van der Waals surface area contributed by atoms with Crippen molar-refractivity contribution in [3.05, 3.63) is 35.0 Å². The molecule has 1 aromatic carbocycles. The Kier molecular flexibility index (Phi) is 3.57. The largest absolute Gasteiger partial charge is 0.390 e. The summed E-state index contributed by atoms with van der Waals surface area (Å²) < 4.78 is 1.10. The van der Waals surface area contributed by atoms with Gasteiger partial charge in [0.25, 0.3) is 5.91 Å². The number of hydrogen-bond donors (Lipinski definition) is 2. The van der Waals surface area contributed by atoms with Gasteiger partial charge in [0.1, 0.15) is 5.70 Å². The van der Waals surface area contributed by atoms with Gasteiger partial charge in [0.2, 0.25) is 5.96 Å². The third kappa shape index (κ3) is 2.82. The molecule has 4 aliphatic carbocycles. The minimum Gasteiger partial charge on any atom is -0.390 e. The second-order valence-corrected chi connectivity index (χ2v) is 10.4. The van der Waals surface area contributed by atoms with Crippen molar-refractivity contribution in [2.24, 2.45) is 16.8 Å². The quantitative estimate of drug-likeness (QED) is 0.749. The Morgan fingerprint density at radius 3 is 2.83 bits per heavy atom. The molecule has 1 aliphatic heterocycles. The number of thiazole rings is 1. The molecule has 0 spiro atoms. The van der Waals surface area contributed by atoms with Crippen LogP contribution >= 0.6 is 11.3 Å². The SMILES string of the molecule is CN1C(=O)/C(=C/c2ccc3ncsc3c2)N=C1NC12CC3CC(CC(O)(C3)C1)C2. The van der Waals surface area contributed by atoms with Crippen LogP contribution in [0.4, 0.5) is 0 Å². The molecule has 0 saturated heterocycles. The molecule has 7 heteroatoms. The highest BCUT2D eigenvalue weighted by Crippen LogP contribution is 2.57. The van der Waals surface area contributed by atoms with Crippen molar-refractivity contribution in [1.82, 2.24) is 15.2 Å². The van der Waals surface area contributed by atoms with Crippen LogP contribution < -0.4 is 5.32 Å². The lowest BCUT2D eigenvalue weighted by Gasteiger charge is -2.60. The van der Waals surface area contributed by atoms with Crippen LogP contribution in [-0.4, -0.2) is 45.0 Å². The highest BCUT2D eigenvalue weighted by Gasteiger charge is 2.58. The van der Waals surface area contributed by atoms with Gasteiger partial charge in [-0.05, 0) is 74.1 Å². The standard InChI is InChI=1S/C22H24N4O2S/c1-26-19(27)17(5-13-2-3-16-18(6-13)29-12-23-16)24-20(26)25-21-7-14-4-15(8-21)10-22(28,9-14)11-21/h2-3,5-6,12,14-15,28H,4,7-11H2,1H3,(H,24,25)/b17-5-. The third-order valence-corrected chi connectivity index (χ3v) is 7.93. The van der Waals surface area contributed by atoms with Gasteiger partial charge in [-0.15, -0.1) is 11.3 Å². The fraction of sp³-hybridized carbons (Fsp3) is 0.500. The van der Waals surface area contributed by atoms with Crippen molar-refractivity contribution < 1.29 is 9.90 Å². The van der Waals surface area contributed by atoms with Gasteiger partial charge in [-0.1, -0.05) is 6.07 Å². The molecular formula is C22H24N4O2S. The van der Waals surface area contributed by atoms with Crippen LogP contribution in [0.3, 0.4) is 0 Å². The summed E-state index contributed by atoms with van der Waals surface area (Å²) in [4.78, 5) is 23.4. The van der Waals surface area contributed by atoms with E-state index in [9.17, 15) is 9.90 Å². The topological polar surface area (TPSA) is 77.8 Å². The van der Waals surface area contributed by atoms with Gasteiger partial charge in [-0.3, -0.25) is 9.69 Å². The highest BCUT2D eigenvalue weighted by atomic mass is 32.1. The van der Waals surface area contributed by atoms with Gasteiger partial charge < -0.3 is 10.4 Å². The maximum absolute atomic E-state index is 12.8. The van der Waals surface area contributed by atoms with Crippen molar-refractivity contribution in [2.45, 2.75) is 49.7 Å². The fourth-order valence-corrected chi connectivity index (χ4v) is 7.15. The first-order chi connectivity index (χ1) is 13.9. The van der Waals surface area contributed by atoms with E-state index in [1.165, 1.54) is 6.42 Å². The van der Waals surface area contributed by atoms with E-state index in [0.29, 0.717) is 23.5 Å². The molecule has 7 rings (SSSR count). The summed E-state index contributed by atoms with van der Waals surface area (Å²) in [6.45, 7) is 0. The zero-order chi connectivity index (χ0) is 19.8. The molecule has 4 saturated carbocycles. The smallest absolute Gasteiger partial charge is 0.279 e. The Morgan fingerprint density at radius 1 is 1.28 bits per heavy atom. The summed E-state index contributed by atoms with van der Waals surface area (Å²) in [6, 6.07) is 5.99. The first kappa shape index (κ1) is 17.6. The van der Waals surface area contributed by atoms with Gasteiger partial charge in [-0.2, -0.15) is 0 Å². The van der Waals surface area contributed by atoms with E-state index in [4.69, 9.17) is 0 Å². The molecule has 1 amide bonds. The maximum atomic E-state index is 12.8. The number of nitrogens with zero attached hydrogens (tertiary/aromatic N) is 3. The number of likely N-dealkylation sites (N-methyl/N-ethyl adjacent to an activating group) is 1. The predicted molar refractivity (Wildman–Crippen MR) is 113 cm³/mol. The summed E-state index contributed by atoms with van der Waals surface area (Å²) in [5, 5.41) is 14.6. The first-order valence-corrected chi connectivity index (χ1v) is 11.2. The number of carbonyl (C=O) groups is 1. The monoisotopic (exact) mass is 408 g/mol. The van der Waals surface area contributed by atoms with Crippen molar-refractivity contribution in [3.63, 3.8) is 0 Å². The number of aliphatic imine (C=N–C) groups is 1. The zero-order valence-electron chi connectivity index (χ0n) is 16.4. The van der Waals surface area contributed by atoms with Crippen LogP contribution in [0.5, 0.6) is 0 Å². The van der Waals surface area contributed by atoms with Gasteiger partial charge in [0.05, 0.1) is 21.3 Å². The van der Waals surface area contributed by atoms with E-state index in [1.807, 2.05) is 29.8 Å². The molecule has 5 aliphatic rings. The average molecular weight is 409 g/mol. The molecule has 0 radical (unpaired) electrons. The number of amides is 1. The molecule has 6 nitrogen and oxygen atoms in total. The van der Waals surface area contributed by atoms with E-state index in [-0.39, 0.29) is 11.4 Å². The van der Waals surface area contributed by atoms with Crippen molar-refractivity contribution >= 4 is 39.5 Å². The Morgan fingerprint density at radius 2 is 2.07 bits per heavy atom. The number of benzene rings is 1. The predicted octanol–water partition coefficient (Wildman–Crippen LogP) is 3.14. The summed E-state index contributed by atoms with van der Waals surface area (Å²) >= 11 is 1.59. The third-order valence-electron chi connectivity index (χ3n) is 7.13. The molecule has 2 N–H and O–H groups in total. The lowest BCUT2D eigenvalue weighted by Crippen LogP contribution is -2.66. The van der Waals surface area contributed by atoms with E-state index >= 15 is 0 Å². The van der Waals surface area contributed by atoms with Crippen LogP contribution in [0, 0.1) is 11.8 Å². The number of fused-ring (bicyclic) bond motifs is 1. The van der Waals surface area contributed by atoms with E-state index in [2.05, 4.69) is 15.3 Å². The number of carbonyl (C=O) groups excluding carboxylic acids is 1. The number of aliphatic hydroxyl groups is 1. The van der Waals surface area contributed by atoms with Crippen molar-refractivity contribution in [2.75, 3.05) is 7.05 Å². The molecule has 2 unspecified atom stereocenters. The minimum atomic E-state index is -0.540. The average Bonchev–Trinajstić information content (AvgIpc) is 3.20. The lowest BCUT2D eigenvalue weighted by molar-refractivity contribution is -0.138. The van der Waals surface area contributed by atoms with Gasteiger partial charge >= 0.3 is 0 Å². The second-order valence-electron chi connectivity index (χ2n) is 9.50. The van der Waals surface area contributed by atoms with Crippen LogP contribution in [-0.2, 0) is 4.79 Å². The second kappa shape index (κ2) is 5.89. The summed E-state index contributed by atoms with van der Waals surface area (Å²) in [6.07, 6.45) is 7.83. The van der Waals surface area contributed by atoms with Crippen molar-refractivity contribution in [3.8, 4) is 0 Å². The Labute approximate surface area is 173 Å². The summed E-state index contributed by atoms with van der Waals surface area (Å²) in [5.74, 6) is 1.68. The lowest BCUT2D eigenvalue weighted by atomic mass is 9.51. The van der Waals surface area contributed by atoms with Crippen LogP contribution in [0.25, 0.3) is 16.3 Å². The highest BCUT2D eigenvalue weighted by molar-refractivity contribution is 7.16. The normalized spacial score (nSPS) is 37.0. The van der Waals surface area contributed by atoms with Crippen LogP contribution in [0.2, 0.25) is 0 Å². The number of rotatable bonds is 2. The van der Waals surface area contributed by atoms with Crippen LogP contribution in [0.1, 0.15) is 44.1 Å². The zero-order valence-corrected chi connectivity index (χ0v) is 17.2. The molecule has 4 fully saturated rings. The maximum Gasteiger partial charge on any atom is 0.279 e. The van der Waals surface area contributed by atoms with E-state index in [1.54, 1.807) is 23.3 Å². The van der Waals surface area contributed by atoms with Crippen molar-refractivity contribution in [1.29, 1.82) is 0 Å². The number of aromatic nitrogens is 1. The molecule has 2 heterocycles. The summed E-state index contributed by atoms with van der Waals surface area (Å²) in [5.41, 5.74) is 3.52. The molecule has 2 aromatic rings. The molecule has 4 bridgehead atoms.